The summed E-state index contributed by atoms with van der Waals surface area (Å²) in [5, 5.41) is 0.459. The summed E-state index contributed by atoms with van der Waals surface area (Å²) in [6.07, 6.45) is 0.720. The van der Waals surface area contributed by atoms with E-state index < -0.39 is 10.0 Å². The van der Waals surface area contributed by atoms with Gasteiger partial charge < -0.3 is 5.73 Å². The van der Waals surface area contributed by atoms with Crippen LogP contribution in [0.3, 0.4) is 0 Å². The Hall–Kier alpha value is -0.620. The Morgan fingerprint density at radius 3 is 2.47 bits per heavy atom. The normalized spacial score (nSPS) is 13.7. The van der Waals surface area contributed by atoms with Gasteiger partial charge in [-0.15, -0.1) is 0 Å². The van der Waals surface area contributed by atoms with E-state index in [0.29, 0.717) is 23.0 Å². The molecule has 0 saturated heterocycles. The highest BCUT2D eigenvalue weighted by Gasteiger charge is 2.19. The summed E-state index contributed by atoms with van der Waals surface area (Å²) < 4.78 is 26.8. The first kappa shape index (κ1) is 16.4. The van der Waals surface area contributed by atoms with Crippen LogP contribution >= 0.6 is 11.6 Å². The topological polar surface area (TPSA) is 72.2 Å². The first-order valence-corrected chi connectivity index (χ1v) is 8.30. The van der Waals surface area contributed by atoms with Gasteiger partial charge in [0.05, 0.1) is 5.75 Å². The quantitative estimate of drug-likeness (QED) is 0.810. The van der Waals surface area contributed by atoms with Crippen molar-refractivity contribution in [3.8, 4) is 0 Å². The Balaban J connectivity index is 2.73. The molecule has 0 aliphatic heterocycles. The second-order valence-corrected chi connectivity index (χ2v) is 7.19. The van der Waals surface area contributed by atoms with Gasteiger partial charge in [-0.2, -0.15) is 0 Å². The van der Waals surface area contributed by atoms with Crippen molar-refractivity contribution in [3.05, 3.63) is 34.9 Å². The van der Waals surface area contributed by atoms with Gasteiger partial charge in [-0.25, -0.2) is 13.1 Å². The van der Waals surface area contributed by atoms with Crippen LogP contribution in [0.25, 0.3) is 0 Å². The molecule has 0 saturated carbocycles. The average molecular weight is 305 g/mol. The Labute approximate surface area is 120 Å². The van der Waals surface area contributed by atoms with Gasteiger partial charge in [-0.1, -0.05) is 43.6 Å². The van der Waals surface area contributed by atoms with Gasteiger partial charge in [0, 0.05) is 17.6 Å². The maximum atomic E-state index is 12.1. The molecule has 0 fully saturated rings. The number of nitrogens with two attached hydrogens (primary N) is 1. The Kier molecular flexibility index (Phi) is 6.26. The number of rotatable bonds is 7. The zero-order chi connectivity index (χ0) is 14.5. The molecule has 19 heavy (non-hydrogen) atoms. The molecule has 0 spiro atoms. The summed E-state index contributed by atoms with van der Waals surface area (Å²) in [5.74, 6) is 0.262. The van der Waals surface area contributed by atoms with Crippen molar-refractivity contribution in [3.63, 3.8) is 0 Å². The van der Waals surface area contributed by atoms with E-state index in [1.165, 1.54) is 0 Å². The summed E-state index contributed by atoms with van der Waals surface area (Å²) in [7, 11) is -3.43. The minimum atomic E-state index is -3.43. The van der Waals surface area contributed by atoms with Crippen molar-refractivity contribution in [1.82, 2.24) is 4.72 Å². The van der Waals surface area contributed by atoms with Crippen LogP contribution in [-0.4, -0.2) is 21.0 Å². The van der Waals surface area contributed by atoms with Gasteiger partial charge in [-0.05, 0) is 24.0 Å². The second-order valence-electron chi connectivity index (χ2n) is 5.03. The van der Waals surface area contributed by atoms with E-state index in [1.807, 2.05) is 13.8 Å². The number of hydrogen-bond acceptors (Lipinski definition) is 3. The van der Waals surface area contributed by atoms with Crippen molar-refractivity contribution >= 4 is 21.6 Å². The minimum absolute atomic E-state index is 0.124. The van der Waals surface area contributed by atoms with Gasteiger partial charge >= 0.3 is 0 Å². The average Bonchev–Trinajstić information content (AvgIpc) is 2.30. The first-order valence-electron chi connectivity index (χ1n) is 6.27. The lowest BCUT2D eigenvalue weighted by molar-refractivity contribution is 0.465. The predicted octanol–water partition coefficient (Wildman–Crippen LogP) is 2.13. The minimum Gasteiger partial charge on any atom is -0.329 e. The van der Waals surface area contributed by atoms with E-state index in [9.17, 15) is 8.42 Å². The molecule has 1 rings (SSSR count). The fourth-order valence-corrected chi connectivity index (χ4v) is 3.60. The molecule has 108 valence electrons. The second kappa shape index (κ2) is 7.24. The third-order valence-electron chi connectivity index (χ3n) is 2.69. The van der Waals surface area contributed by atoms with Gasteiger partial charge in [0.1, 0.15) is 0 Å². The lowest BCUT2D eigenvalue weighted by Gasteiger charge is -2.19. The van der Waals surface area contributed by atoms with E-state index in [0.717, 1.165) is 6.42 Å². The first-order chi connectivity index (χ1) is 8.84. The van der Waals surface area contributed by atoms with E-state index in [-0.39, 0.29) is 11.8 Å². The van der Waals surface area contributed by atoms with Crippen molar-refractivity contribution in [2.75, 3.05) is 6.54 Å². The highest BCUT2D eigenvalue weighted by Crippen LogP contribution is 2.17. The fraction of sp³-hybridized carbons (Fsp3) is 0.538. The maximum absolute atomic E-state index is 12.1. The van der Waals surface area contributed by atoms with Crippen molar-refractivity contribution < 1.29 is 8.42 Å². The zero-order valence-electron chi connectivity index (χ0n) is 11.3. The molecule has 4 nitrogen and oxygen atoms in total. The molecule has 0 aliphatic carbocycles. The van der Waals surface area contributed by atoms with Crippen LogP contribution in [0.5, 0.6) is 0 Å². The molecule has 3 N–H and O–H groups in total. The third-order valence-corrected chi connectivity index (χ3v) is 4.44. The third kappa shape index (κ3) is 5.91. The molecule has 0 aliphatic rings. The van der Waals surface area contributed by atoms with Crippen LogP contribution < -0.4 is 10.5 Å². The molecule has 0 unspecified atom stereocenters. The van der Waals surface area contributed by atoms with E-state index in [4.69, 9.17) is 17.3 Å². The van der Waals surface area contributed by atoms with Gasteiger partial charge in [0.15, 0.2) is 0 Å². The van der Waals surface area contributed by atoms with Gasteiger partial charge in [-0.3, -0.25) is 0 Å². The van der Waals surface area contributed by atoms with E-state index in [2.05, 4.69) is 4.72 Å². The fourth-order valence-electron chi connectivity index (χ4n) is 1.88. The molecule has 1 aromatic carbocycles. The molecule has 1 aromatic rings. The largest absolute Gasteiger partial charge is 0.329 e. The molecule has 0 bridgehead atoms. The number of hydrogen-bond donors (Lipinski definition) is 2. The molecule has 1 atom stereocenters. The number of halogens is 1. The molecule has 0 heterocycles. The van der Waals surface area contributed by atoms with Crippen LogP contribution in [0.15, 0.2) is 24.3 Å². The molecule has 6 heteroatoms. The lowest BCUT2D eigenvalue weighted by Crippen LogP contribution is -2.41. The van der Waals surface area contributed by atoms with Crippen LogP contribution in [0, 0.1) is 5.92 Å². The standard InChI is InChI=1S/C13H21ClN2O2S/c1-10(2)7-12(8-15)16-19(17,18)9-11-5-3-4-6-13(11)14/h3-6,10,12,16H,7-9,15H2,1-2H3/t12-/m1/s1. The van der Waals surface area contributed by atoms with Crippen LogP contribution in [0.2, 0.25) is 5.02 Å². The summed E-state index contributed by atoms with van der Waals surface area (Å²) in [4.78, 5) is 0. The van der Waals surface area contributed by atoms with Crippen molar-refractivity contribution in [2.24, 2.45) is 11.7 Å². The summed E-state index contributed by atoms with van der Waals surface area (Å²) in [6.45, 7) is 4.36. The number of sulfonamides is 1. The molecule has 0 aromatic heterocycles. The van der Waals surface area contributed by atoms with E-state index >= 15 is 0 Å². The van der Waals surface area contributed by atoms with E-state index in [1.54, 1.807) is 24.3 Å². The maximum Gasteiger partial charge on any atom is 0.216 e. The van der Waals surface area contributed by atoms with Gasteiger partial charge in [0.25, 0.3) is 0 Å². The Bertz CT molecular complexity index is 503. The summed E-state index contributed by atoms with van der Waals surface area (Å²) >= 11 is 5.97. The molecule has 0 radical (unpaired) electrons. The Morgan fingerprint density at radius 1 is 1.32 bits per heavy atom. The SMILES string of the molecule is CC(C)C[C@H](CN)NS(=O)(=O)Cc1ccccc1Cl. The van der Waals surface area contributed by atoms with Crippen molar-refractivity contribution in [2.45, 2.75) is 32.1 Å². The number of benzene rings is 1. The molecular formula is C13H21ClN2O2S. The predicted molar refractivity (Wildman–Crippen MR) is 79.5 cm³/mol. The van der Waals surface area contributed by atoms with Crippen molar-refractivity contribution in [1.29, 1.82) is 0 Å². The molecule has 0 amide bonds. The highest BCUT2D eigenvalue weighted by molar-refractivity contribution is 7.88. The van der Waals surface area contributed by atoms with Crippen LogP contribution in [0.1, 0.15) is 25.8 Å². The van der Waals surface area contributed by atoms with Gasteiger partial charge in [0.2, 0.25) is 10.0 Å². The highest BCUT2D eigenvalue weighted by atomic mass is 35.5. The number of nitrogens with one attached hydrogen (secondary N) is 1. The van der Waals surface area contributed by atoms with Crippen LogP contribution in [0.4, 0.5) is 0 Å². The monoisotopic (exact) mass is 304 g/mol. The summed E-state index contributed by atoms with van der Waals surface area (Å²) in [5.41, 5.74) is 6.19. The molecular weight excluding hydrogens is 284 g/mol. The summed E-state index contributed by atoms with van der Waals surface area (Å²) in [6, 6.07) is 6.70. The Morgan fingerprint density at radius 2 is 1.95 bits per heavy atom. The van der Waals surface area contributed by atoms with Crippen LogP contribution in [-0.2, 0) is 15.8 Å². The smallest absolute Gasteiger partial charge is 0.216 e. The lowest BCUT2D eigenvalue weighted by atomic mass is 10.1. The zero-order valence-corrected chi connectivity index (χ0v) is 12.8.